The van der Waals surface area contributed by atoms with E-state index in [0.717, 1.165) is 18.4 Å². The number of nitrogens with zero attached hydrogens (tertiary/aromatic N) is 2. The van der Waals surface area contributed by atoms with Gasteiger partial charge < -0.3 is 11.1 Å². The molecule has 0 aliphatic heterocycles. The van der Waals surface area contributed by atoms with E-state index in [9.17, 15) is 9.59 Å². The highest BCUT2D eigenvalue weighted by Crippen LogP contribution is 2.12. The van der Waals surface area contributed by atoms with Crippen LogP contribution in [0.1, 0.15) is 31.7 Å². The van der Waals surface area contributed by atoms with Gasteiger partial charge in [-0.05, 0) is 24.5 Å². The second kappa shape index (κ2) is 9.61. The Morgan fingerprint density at radius 1 is 1.24 bits per heavy atom. The van der Waals surface area contributed by atoms with Crippen LogP contribution < -0.4 is 11.1 Å². The van der Waals surface area contributed by atoms with Gasteiger partial charge in [-0.2, -0.15) is 5.10 Å². The van der Waals surface area contributed by atoms with Crippen molar-refractivity contribution >= 4 is 11.8 Å². The maximum absolute atomic E-state index is 12.8. The minimum atomic E-state index is -0.622. The van der Waals surface area contributed by atoms with Gasteiger partial charge in [0, 0.05) is 12.4 Å². The molecule has 0 bridgehead atoms. The SMILES string of the molecule is CCCC[C@H](NC(=O)C(Cc1ccccc1)Cn1cccn1)C(N)=O. The van der Waals surface area contributed by atoms with Crippen LogP contribution in [0, 0.1) is 5.92 Å². The predicted molar refractivity (Wildman–Crippen MR) is 96.5 cm³/mol. The molecule has 0 radical (unpaired) electrons. The smallest absolute Gasteiger partial charge is 0.239 e. The first kappa shape index (κ1) is 18.7. The third-order valence-corrected chi connectivity index (χ3v) is 4.17. The standard InChI is InChI=1S/C19H26N4O2/c1-2-3-10-17(18(20)24)22-19(25)16(14-23-12-7-11-21-23)13-15-8-5-4-6-9-15/h4-9,11-12,16-17H,2-3,10,13-14H2,1H3,(H2,20,24)(H,22,25)/t16?,17-/m0/s1. The van der Waals surface area contributed by atoms with E-state index in [-0.39, 0.29) is 11.8 Å². The minimum absolute atomic E-state index is 0.167. The van der Waals surface area contributed by atoms with Crippen molar-refractivity contribution in [2.24, 2.45) is 11.7 Å². The number of nitrogens with one attached hydrogen (secondary N) is 1. The molecule has 6 heteroatoms. The normalized spacial score (nSPS) is 13.2. The first-order valence-electron chi connectivity index (χ1n) is 8.71. The second-order valence-corrected chi connectivity index (χ2v) is 6.22. The third-order valence-electron chi connectivity index (χ3n) is 4.17. The Labute approximate surface area is 148 Å². The minimum Gasteiger partial charge on any atom is -0.368 e. The highest BCUT2D eigenvalue weighted by Gasteiger charge is 2.24. The van der Waals surface area contributed by atoms with Crippen LogP contribution in [0.4, 0.5) is 0 Å². The van der Waals surface area contributed by atoms with Gasteiger partial charge in [-0.15, -0.1) is 0 Å². The summed E-state index contributed by atoms with van der Waals surface area (Å²) in [4.78, 5) is 24.4. The number of primary amides is 1. The molecule has 1 aromatic heterocycles. The maximum atomic E-state index is 12.8. The number of hydrogen-bond acceptors (Lipinski definition) is 3. The van der Waals surface area contributed by atoms with Crippen molar-refractivity contribution in [1.29, 1.82) is 0 Å². The summed E-state index contributed by atoms with van der Waals surface area (Å²) in [5.74, 6) is -0.982. The van der Waals surface area contributed by atoms with Gasteiger partial charge in [0.05, 0.1) is 12.5 Å². The van der Waals surface area contributed by atoms with Crippen molar-refractivity contribution in [2.75, 3.05) is 0 Å². The number of nitrogens with two attached hydrogens (primary N) is 1. The van der Waals surface area contributed by atoms with Crippen LogP contribution in [0.25, 0.3) is 0 Å². The van der Waals surface area contributed by atoms with E-state index in [2.05, 4.69) is 10.4 Å². The van der Waals surface area contributed by atoms with E-state index in [1.807, 2.05) is 49.5 Å². The predicted octanol–water partition coefficient (Wildman–Crippen LogP) is 1.90. The molecule has 2 atom stereocenters. The maximum Gasteiger partial charge on any atom is 0.239 e. The molecule has 0 spiro atoms. The molecule has 25 heavy (non-hydrogen) atoms. The van der Waals surface area contributed by atoms with Gasteiger partial charge in [0.2, 0.25) is 11.8 Å². The summed E-state index contributed by atoms with van der Waals surface area (Å²) in [6, 6.07) is 11.0. The highest BCUT2D eigenvalue weighted by atomic mass is 16.2. The molecule has 1 heterocycles. The number of rotatable bonds is 10. The molecule has 3 N–H and O–H groups in total. The Hall–Kier alpha value is -2.63. The summed E-state index contributed by atoms with van der Waals surface area (Å²) in [6.07, 6.45) is 6.44. The Morgan fingerprint density at radius 3 is 2.60 bits per heavy atom. The molecule has 0 saturated carbocycles. The van der Waals surface area contributed by atoms with Crippen LogP contribution in [-0.2, 0) is 22.6 Å². The largest absolute Gasteiger partial charge is 0.368 e. The van der Waals surface area contributed by atoms with E-state index < -0.39 is 11.9 Å². The third kappa shape index (κ3) is 6.06. The van der Waals surface area contributed by atoms with Gasteiger partial charge in [-0.1, -0.05) is 50.1 Å². The van der Waals surface area contributed by atoms with Crippen LogP contribution in [0.5, 0.6) is 0 Å². The molecule has 2 aromatic rings. The van der Waals surface area contributed by atoms with E-state index in [4.69, 9.17) is 5.73 Å². The molecular formula is C19H26N4O2. The first-order valence-corrected chi connectivity index (χ1v) is 8.71. The molecule has 2 amide bonds. The summed E-state index contributed by atoms with van der Waals surface area (Å²) < 4.78 is 1.73. The number of hydrogen-bond donors (Lipinski definition) is 2. The van der Waals surface area contributed by atoms with Crippen LogP contribution in [0.15, 0.2) is 48.8 Å². The lowest BCUT2D eigenvalue weighted by Gasteiger charge is -2.21. The zero-order valence-corrected chi connectivity index (χ0v) is 14.6. The summed E-state index contributed by atoms with van der Waals surface area (Å²) in [7, 11) is 0. The molecule has 0 aliphatic carbocycles. The van der Waals surface area contributed by atoms with Gasteiger partial charge in [-0.25, -0.2) is 0 Å². The van der Waals surface area contributed by atoms with Crippen LogP contribution in [-0.4, -0.2) is 27.6 Å². The van der Waals surface area contributed by atoms with Gasteiger partial charge in [-0.3, -0.25) is 14.3 Å². The molecule has 0 aliphatic rings. The lowest BCUT2D eigenvalue weighted by molar-refractivity contribution is -0.130. The Kier molecular flexibility index (Phi) is 7.19. The van der Waals surface area contributed by atoms with Gasteiger partial charge >= 0.3 is 0 Å². The number of aromatic nitrogens is 2. The molecular weight excluding hydrogens is 316 g/mol. The van der Waals surface area contributed by atoms with Gasteiger partial charge in [0.25, 0.3) is 0 Å². The summed E-state index contributed by atoms with van der Waals surface area (Å²) in [5, 5.41) is 7.02. The van der Waals surface area contributed by atoms with Crippen molar-refractivity contribution in [1.82, 2.24) is 15.1 Å². The lowest BCUT2D eigenvalue weighted by atomic mass is 9.97. The molecule has 6 nitrogen and oxygen atoms in total. The van der Waals surface area contributed by atoms with E-state index in [1.54, 1.807) is 10.9 Å². The molecule has 2 rings (SSSR count). The van der Waals surface area contributed by atoms with Crippen molar-refractivity contribution in [2.45, 2.75) is 45.2 Å². The fourth-order valence-electron chi connectivity index (χ4n) is 2.76. The number of carbonyl (C=O) groups is 2. The Balaban J connectivity index is 2.09. The molecule has 1 aromatic carbocycles. The van der Waals surface area contributed by atoms with Crippen molar-refractivity contribution in [3.05, 3.63) is 54.4 Å². The average molecular weight is 342 g/mol. The Bertz CT molecular complexity index is 655. The van der Waals surface area contributed by atoms with E-state index in [1.165, 1.54) is 0 Å². The summed E-state index contributed by atoms with van der Waals surface area (Å²) in [5.41, 5.74) is 6.51. The van der Waals surface area contributed by atoms with Gasteiger partial charge in [0.1, 0.15) is 6.04 Å². The van der Waals surface area contributed by atoms with Crippen LogP contribution in [0.3, 0.4) is 0 Å². The Morgan fingerprint density at radius 2 is 2.00 bits per heavy atom. The molecule has 0 fully saturated rings. The first-order chi connectivity index (χ1) is 12.1. The zero-order valence-electron chi connectivity index (χ0n) is 14.6. The van der Waals surface area contributed by atoms with Gasteiger partial charge in [0.15, 0.2) is 0 Å². The van der Waals surface area contributed by atoms with Crippen LogP contribution >= 0.6 is 0 Å². The fraction of sp³-hybridized carbons (Fsp3) is 0.421. The summed E-state index contributed by atoms with van der Waals surface area (Å²) >= 11 is 0. The molecule has 0 saturated heterocycles. The van der Waals surface area contributed by atoms with Crippen molar-refractivity contribution < 1.29 is 9.59 Å². The fourth-order valence-corrected chi connectivity index (χ4v) is 2.76. The van der Waals surface area contributed by atoms with E-state index in [0.29, 0.717) is 19.4 Å². The zero-order chi connectivity index (χ0) is 18.1. The van der Waals surface area contributed by atoms with Crippen molar-refractivity contribution in [3.63, 3.8) is 0 Å². The summed E-state index contributed by atoms with van der Waals surface area (Å²) in [6.45, 7) is 2.49. The molecule has 134 valence electrons. The van der Waals surface area contributed by atoms with Crippen LogP contribution in [0.2, 0.25) is 0 Å². The molecule has 1 unspecified atom stereocenters. The average Bonchev–Trinajstić information content (AvgIpc) is 3.11. The highest BCUT2D eigenvalue weighted by molar-refractivity contribution is 5.87. The van der Waals surface area contributed by atoms with E-state index >= 15 is 0 Å². The number of carbonyl (C=O) groups excluding carboxylic acids is 2. The monoisotopic (exact) mass is 342 g/mol. The van der Waals surface area contributed by atoms with Crippen molar-refractivity contribution in [3.8, 4) is 0 Å². The number of amides is 2. The quantitative estimate of drug-likeness (QED) is 0.691. The lowest BCUT2D eigenvalue weighted by Crippen LogP contribution is -2.47. The second-order valence-electron chi connectivity index (χ2n) is 6.22. The topological polar surface area (TPSA) is 90.0 Å². The number of unbranched alkanes of at least 4 members (excludes halogenated alkanes) is 1. The number of benzene rings is 1.